The van der Waals surface area contributed by atoms with Gasteiger partial charge in [-0.2, -0.15) is 0 Å². The molecule has 4 nitrogen and oxygen atoms in total. The van der Waals surface area contributed by atoms with Gasteiger partial charge in [-0.25, -0.2) is 8.42 Å². The molecule has 22 heavy (non-hydrogen) atoms. The summed E-state index contributed by atoms with van der Waals surface area (Å²) in [6, 6.07) is 6.68. The minimum Gasteiger partial charge on any atom is -0.295 e. The Hall–Kier alpha value is -1.88. The summed E-state index contributed by atoms with van der Waals surface area (Å²) in [5.74, 6) is 0.0406. The SMILES string of the molecule is C=CC[C@@H]1C[C@@H]2CC(=O)C=C2N1S(=O)(=O)c1ccc(C)cc1. The van der Waals surface area contributed by atoms with Gasteiger partial charge in [-0.15, -0.1) is 6.58 Å². The van der Waals surface area contributed by atoms with Crippen LogP contribution in [0.15, 0.2) is 53.6 Å². The van der Waals surface area contributed by atoms with Crippen molar-refractivity contribution in [1.82, 2.24) is 4.31 Å². The summed E-state index contributed by atoms with van der Waals surface area (Å²) in [5, 5.41) is 0. The van der Waals surface area contributed by atoms with Gasteiger partial charge in [0.05, 0.1) is 4.90 Å². The van der Waals surface area contributed by atoms with Gasteiger partial charge >= 0.3 is 0 Å². The molecule has 1 aliphatic heterocycles. The van der Waals surface area contributed by atoms with Crippen LogP contribution in [0.5, 0.6) is 0 Å². The smallest absolute Gasteiger partial charge is 0.264 e. The summed E-state index contributed by atoms with van der Waals surface area (Å²) >= 11 is 0. The molecule has 0 bridgehead atoms. The van der Waals surface area contributed by atoms with Crippen molar-refractivity contribution in [3.63, 3.8) is 0 Å². The molecule has 0 aromatic heterocycles. The Balaban J connectivity index is 2.05. The number of nitrogens with zero attached hydrogens (tertiary/aromatic N) is 1. The molecule has 1 aromatic rings. The summed E-state index contributed by atoms with van der Waals surface area (Å²) < 4.78 is 27.5. The molecule has 1 fully saturated rings. The lowest BCUT2D eigenvalue weighted by Gasteiger charge is -2.26. The lowest BCUT2D eigenvalue weighted by Crippen LogP contribution is -2.34. The number of sulfonamides is 1. The van der Waals surface area contributed by atoms with Gasteiger partial charge in [-0.1, -0.05) is 23.8 Å². The molecule has 0 spiro atoms. The molecule has 0 amide bonds. The Morgan fingerprint density at radius 3 is 2.64 bits per heavy atom. The first-order valence-electron chi connectivity index (χ1n) is 7.40. The fourth-order valence-corrected chi connectivity index (χ4v) is 5.07. The first-order chi connectivity index (χ1) is 10.4. The van der Waals surface area contributed by atoms with Crippen molar-refractivity contribution in [1.29, 1.82) is 0 Å². The van der Waals surface area contributed by atoms with Crippen molar-refractivity contribution in [3.05, 3.63) is 54.3 Å². The number of hydrogen-bond donors (Lipinski definition) is 0. The molecule has 0 radical (unpaired) electrons. The number of aryl methyl sites for hydroxylation is 1. The summed E-state index contributed by atoms with van der Waals surface area (Å²) in [5.41, 5.74) is 1.66. The Bertz CT molecular complexity index is 747. The van der Waals surface area contributed by atoms with Crippen molar-refractivity contribution in [2.45, 2.75) is 37.1 Å². The maximum atomic E-state index is 13.0. The molecule has 0 unspecified atom stereocenters. The molecule has 2 atom stereocenters. The van der Waals surface area contributed by atoms with E-state index in [9.17, 15) is 13.2 Å². The van der Waals surface area contributed by atoms with Crippen LogP contribution in [0.2, 0.25) is 0 Å². The quantitative estimate of drug-likeness (QED) is 0.802. The Morgan fingerprint density at radius 1 is 1.32 bits per heavy atom. The van der Waals surface area contributed by atoms with Crippen LogP contribution >= 0.6 is 0 Å². The zero-order chi connectivity index (χ0) is 15.9. The first kappa shape index (κ1) is 15.0. The second-order valence-corrected chi connectivity index (χ2v) is 7.78. The van der Waals surface area contributed by atoms with E-state index in [4.69, 9.17) is 0 Å². The van der Waals surface area contributed by atoms with Crippen LogP contribution in [-0.2, 0) is 14.8 Å². The maximum absolute atomic E-state index is 13.0. The van der Waals surface area contributed by atoms with Gasteiger partial charge in [-0.05, 0) is 31.9 Å². The number of fused-ring (bicyclic) bond motifs is 1. The first-order valence-corrected chi connectivity index (χ1v) is 8.84. The zero-order valence-corrected chi connectivity index (χ0v) is 13.3. The van der Waals surface area contributed by atoms with Crippen molar-refractivity contribution in [2.75, 3.05) is 0 Å². The highest BCUT2D eigenvalue weighted by Crippen LogP contribution is 2.44. The zero-order valence-electron chi connectivity index (χ0n) is 12.5. The molecular weight excluding hydrogens is 298 g/mol. The van der Waals surface area contributed by atoms with Crippen LogP contribution in [0.3, 0.4) is 0 Å². The van der Waals surface area contributed by atoms with Crippen LogP contribution in [-0.4, -0.2) is 24.5 Å². The minimum absolute atomic E-state index is 0.0150. The molecule has 1 aliphatic carbocycles. The van der Waals surface area contributed by atoms with E-state index in [-0.39, 0.29) is 22.6 Å². The fourth-order valence-electron chi connectivity index (χ4n) is 3.31. The van der Waals surface area contributed by atoms with Gasteiger partial charge in [0.1, 0.15) is 0 Å². The van der Waals surface area contributed by atoms with Crippen LogP contribution in [0.4, 0.5) is 0 Å². The van der Waals surface area contributed by atoms with Gasteiger partial charge in [0.2, 0.25) is 0 Å². The van der Waals surface area contributed by atoms with Gasteiger partial charge in [0.15, 0.2) is 5.78 Å². The van der Waals surface area contributed by atoms with E-state index in [0.717, 1.165) is 5.56 Å². The average Bonchev–Trinajstić information content (AvgIpc) is 2.94. The van der Waals surface area contributed by atoms with Gasteiger partial charge < -0.3 is 0 Å². The van der Waals surface area contributed by atoms with E-state index in [1.807, 2.05) is 6.92 Å². The molecule has 5 heteroatoms. The summed E-state index contributed by atoms with van der Waals surface area (Å²) in [7, 11) is -3.64. The molecule has 1 saturated heterocycles. The van der Waals surface area contributed by atoms with E-state index in [2.05, 4.69) is 6.58 Å². The fraction of sp³-hybridized carbons (Fsp3) is 0.353. The second kappa shape index (κ2) is 5.39. The highest BCUT2D eigenvalue weighted by atomic mass is 32.2. The van der Waals surface area contributed by atoms with Crippen LogP contribution in [0, 0.1) is 12.8 Å². The number of carbonyl (C=O) groups is 1. The Labute approximate surface area is 131 Å². The van der Waals surface area contributed by atoms with Crippen molar-refractivity contribution < 1.29 is 13.2 Å². The third-order valence-corrected chi connectivity index (χ3v) is 6.23. The lowest BCUT2D eigenvalue weighted by atomic mass is 10.0. The number of ketones is 1. The van der Waals surface area contributed by atoms with Crippen LogP contribution in [0.1, 0.15) is 24.8 Å². The molecule has 2 aliphatic rings. The second-order valence-electron chi connectivity index (χ2n) is 5.96. The number of carbonyl (C=O) groups excluding carboxylic acids is 1. The predicted molar refractivity (Wildman–Crippen MR) is 84.6 cm³/mol. The van der Waals surface area contributed by atoms with E-state index >= 15 is 0 Å². The third-order valence-electron chi connectivity index (χ3n) is 4.33. The van der Waals surface area contributed by atoms with Crippen molar-refractivity contribution >= 4 is 15.8 Å². The van der Waals surface area contributed by atoms with Crippen LogP contribution < -0.4 is 0 Å². The number of hydrogen-bond acceptors (Lipinski definition) is 3. The van der Waals surface area contributed by atoms with Crippen molar-refractivity contribution in [3.8, 4) is 0 Å². The van der Waals surface area contributed by atoms with E-state index in [0.29, 0.717) is 25.0 Å². The van der Waals surface area contributed by atoms with Gasteiger partial charge in [-0.3, -0.25) is 9.10 Å². The largest absolute Gasteiger partial charge is 0.295 e. The maximum Gasteiger partial charge on any atom is 0.264 e. The Kier molecular flexibility index (Phi) is 3.68. The molecular formula is C17H19NO3S. The Morgan fingerprint density at radius 2 is 2.00 bits per heavy atom. The van der Waals surface area contributed by atoms with Crippen LogP contribution in [0.25, 0.3) is 0 Å². The lowest BCUT2D eigenvalue weighted by molar-refractivity contribution is -0.114. The molecule has 1 heterocycles. The topological polar surface area (TPSA) is 54.5 Å². The summed E-state index contributed by atoms with van der Waals surface area (Å²) in [6.45, 7) is 5.64. The monoisotopic (exact) mass is 317 g/mol. The van der Waals surface area contributed by atoms with Gasteiger partial charge in [0.25, 0.3) is 10.0 Å². The van der Waals surface area contributed by atoms with E-state index in [1.54, 1.807) is 30.3 Å². The minimum atomic E-state index is -3.64. The molecule has 1 aromatic carbocycles. The van der Waals surface area contributed by atoms with Gasteiger partial charge in [0, 0.05) is 30.2 Å². The number of rotatable bonds is 4. The molecule has 3 rings (SSSR count). The van der Waals surface area contributed by atoms with E-state index < -0.39 is 10.0 Å². The molecule has 0 saturated carbocycles. The average molecular weight is 317 g/mol. The predicted octanol–water partition coefficient (Wildman–Crippen LogP) is 2.81. The summed E-state index contributed by atoms with van der Waals surface area (Å²) in [6.07, 6.45) is 4.94. The highest BCUT2D eigenvalue weighted by molar-refractivity contribution is 7.89. The third kappa shape index (κ3) is 2.39. The molecule has 116 valence electrons. The van der Waals surface area contributed by atoms with Crippen molar-refractivity contribution in [2.24, 2.45) is 5.92 Å². The standard InChI is InChI=1S/C17H19NO3S/c1-3-4-14-9-13-10-15(19)11-17(13)18(14)22(20,21)16-7-5-12(2)6-8-16/h3,5-8,11,13-14H,1,4,9-10H2,2H3/t13-,14-/m1/s1. The number of allylic oxidation sites excluding steroid dienone is 2. The highest BCUT2D eigenvalue weighted by Gasteiger charge is 2.45. The molecule has 0 N–H and O–H groups in total. The summed E-state index contributed by atoms with van der Waals surface area (Å²) in [4.78, 5) is 11.9. The normalized spacial score (nSPS) is 24.3. The number of benzene rings is 1. The van der Waals surface area contributed by atoms with E-state index in [1.165, 1.54) is 10.4 Å².